The fraction of sp³-hybridized carbons (Fsp3) is 0.588. The molecule has 3 heterocycles. The number of H-pyrrole nitrogens is 1. The number of halogens is 3. The SMILES string of the molecule is CCNC(=O)CCC(Sc1nn[nH]n1)C1=C(C(=O)O)N2C(=O)C(NC(=O)CSC(F)(F)F)[C@@H]2SC1. The zero-order valence-electron chi connectivity index (χ0n) is 18.0. The average Bonchev–Trinajstić information content (AvgIpc) is 3.30. The van der Waals surface area contributed by atoms with Crippen molar-refractivity contribution in [2.24, 2.45) is 0 Å². The first-order chi connectivity index (χ1) is 16.5. The maximum atomic E-state index is 12.7. The third-order valence-corrected chi connectivity index (χ3v) is 8.08. The van der Waals surface area contributed by atoms with Crippen LogP contribution in [-0.4, -0.2) is 94.5 Å². The van der Waals surface area contributed by atoms with E-state index in [2.05, 4.69) is 31.3 Å². The Labute approximate surface area is 209 Å². The Morgan fingerprint density at radius 3 is 2.69 bits per heavy atom. The second-order valence-corrected chi connectivity index (χ2v) is 10.5. The molecule has 1 saturated heterocycles. The summed E-state index contributed by atoms with van der Waals surface area (Å²) in [4.78, 5) is 49.8. The van der Waals surface area contributed by atoms with Crippen LogP contribution in [0.2, 0.25) is 0 Å². The summed E-state index contributed by atoms with van der Waals surface area (Å²) in [6, 6.07) is -1.14. The molecule has 0 radical (unpaired) electrons. The minimum Gasteiger partial charge on any atom is -0.477 e. The van der Waals surface area contributed by atoms with Gasteiger partial charge in [-0.1, -0.05) is 11.8 Å². The summed E-state index contributed by atoms with van der Waals surface area (Å²) in [6.07, 6.45) is 0.302. The minimum absolute atomic E-state index is 0.0807. The molecule has 1 fully saturated rings. The number of β-lactam (4-membered cyclic amide) rings is 1. The number of aromatic amines is 1. The van der Waals surface area contributed by atoms with Gasteiger partial charge in [-0.3, -0.25) is 19.3 Å². The Hall–Kier alpha value is -2.47. The number of rotatable bonds is 11. The molecule has 2 unspecified atom stereocenters. The summed E-state index contributed by atoms with van der Waals surface area (Å²) in [5.74, 6) is -4.11. The Balaban J connectivity index is 1.79. The first-order valence-electron chi connectivity index (χ1n) is 10.1. The van der Waals surface area contributed by atoms with Crippen molar-refractivity contribution >= 4 is 59.0 Å². The molecule has 18 heteroatoms. The number of carboxylic acids is 1. The number of aromatic nitrogens is 4. The molecular formula is C17H20F3N7O5S3. The normalized spacial score (nSPS) is 20.7. The second kappa shape index (κ2) is 11.5. The molecule has 35 heavy (non-hydrogen) atoms. The third-order valence-electron chi connectivity index (χ3n) is 4.85. The molecule has 0 spiro atoms. The van der Waals surface area contributed by atoms with Crippen molar-refractivity contribution in [3.05, 3.63) is 11.3 Å². The van der Waals surface area contributed by atoms with Gasteiger partial charge in [-0.05, 0) is 35.9 Å². The lowest BCUT2D eigenvalue weighted by atomic mass is 9.99. The van der Waals surface area contributed by atoms with Gasteiger partial charge in [-0.25, -0.2) is 4.79 Å². The van der Waals surface area contributed by atoms with Crippen LogP contribution in [0.1, 0.15) is 19.8 Å². The Morgan fingerprint density at radius 2 is 2.09 bits per heavy atom. The van der Waals surface area contributed by atoms with Crippen LogP contribution in [0.4, 0.5) is 13.2 Å². The van der Waals surface area contributed by atoms with Gasteiger partial charge in [0.1, 0.15) is 17.1 Å². The first kappa shape index (κ1) is 27.1. The standard InChI is InChI=1S/C17H20F3N7O5S3/c1-2-21-9(28)4-3-8(35-16-23-25-26-24-16)7-5-33-14-11(13(30)27(14)12(7)15(31)32)22-10(29)6-34-17(18,19)20/h8,11,14H,2-6H2,1H3,(H,21,28)(H,22,29)(H,31,32)(H,23,24,25,26)/t8?,11?,14-/m0/s1. The van der Waals surface area contributed by atoms with Gasteiger partial charge < -0.3 is 15.7 Å². The molecule has 192 valence electrons. The number of thioether (sulfide) groups is 3. The van der Waals surface area contributed by atoms with E-state index in [1.54, 1.807) is 6.92 Å². The Kier molecular flexibility index (Phi) is 8.92. The molecule has 0 saturated carbocycles. The molecule has 1 aromatic heterocycles. The monoisotopic (exact) mass is 555 g/mol. The number of tetrazole rings is 1. The van der Waals surface area contributed by atoms with Gasteiger partial charge in [0.25, 0.3) is 5.91 Å². The number of nitrogens with one attached hydrogen (secondary N) is 3. The highest BCUT2D eigenvalue weighted by Crippen LogP contribution is 2.44. The molecule has 3 atom stereocenters. The van der Waals surface area contributed by atoms with E-state index < -0.39 is 57.5 Å². The van der Waals surface area contributed by atoms with Crippen LogP contribution in [0.3, 0.4) is 0 Å². The van der Waals surface area contributed by atoms with Gasteiger partial charge in [0, 0.05) is 24.0 Å². The number of nitrogens with zero attached hydrogens (tertiary/aromatic N) is 4. The summed E-state index contributed by atoms with van der Waals surface area (Å²) in [5.41, 5.74) is -4.52. The number of fused-ring (bicyclic) bond motifs is 1. The van der Waals surface area contributed by atoms with Crippen molar-refractivity contribution in [2.45, 2.75) is 47.1 Å². The van der Waals surface area contributed by atoms with E-state index in [0.29, 0.717) is 12.1 Å². The number of carbonyl (C=O) groups is 4. The van der Waals surface area contributed by atoms with Crippen LogP contribution in [0.15, 0.2) is 16.4 Å². The lowest BCUT2D eigenvalue weighted by molar-refractivity contribution is -0.150. The highest BCUT2D eigenvalue weighted by atomic mass is 32.2. The van der Waals surface area contributed by atoms with Crippen molar-refractivity contribution < 1.29 is 37.5 Å². The van der Waals surface area contributed by atoms with Gasteiger partial charge in [0.15, 0.2) is 0 Å². The predicted octanol–water partition coefficient (Wildman–Crippen LogP) is 0.568. The molecule has 0 aromatic carbocycles. The summed E-state index contributed by atoms with van der Waals surface area (Å²) in [7, 11) is 0. The van der Waals surface area contributed by atoms with E-state index in [-0.39, 0.29) is 35.4 Å². The zero-order chi connectivity index (χ0) is 25.8. The van der Waals surface area contributed by atoms with Gasteiger partial charge >= 0.3 is 11.5 Å². The second-order valence-electron chi connectivity index (χ2n) is 7.16. The van der Waals surface area contributed by atoms with Gasteiger partial charge in [-0.15, -0.1) is 22.0 Å². The molecule has 12 nitrogen and oxygen atoms in total. The number of carbonyl (C=O) groups excluding carboxylic acids is 3. The number of hydrogen-bond acceptors (Lipinski definition) is 10. The molecule has 1 aromatic rings. The minimum atomic E-state index is -4.60. The van der Waals surface area contributed by atoms with Crippen molar-refractivity contribution in [1.29, 1.82) is 0 Å². The van der Waals surface area contributed by atoms with Crippen LogP contribution in [0.5, 0.6) is 0 Å². The highest BCUT2D eigenvalue weighted by molar-refractivity contribution is 8.01. The lowest BCUT2D eigenvalue weighted by Crippen LogP contribution is -2.71. The summed E-state index contributed by atoms with van der Waals surface area (Å²) in [5, 5.41) is 27.1. The van der Waals surface area contributed by atoms with E-state index in [0.717, 1.165) is 16.7 Å². The average molecular weight is 556 g/mol. The van der Waals surface area contributed by atoms with Crippen LogP contribution in [0, 0.1) is 0 Å². The van der Waals surface area contributed by atoms with Gasteiger partial charge in [0.2, 0.25) is 17.0 Å². The predicted molar refractivity (Wildman–Crippen MR) is 120 cm³/mol. The summed E-state index contributed by atoms with van der Waals surface area (Å²) in [6.45, 7) is 2.19. The summed E-state index contributed by atoms with van der Waals surface area (Å²) >= 11 is 1.72. The number of alkyl halides is 3. The first-order valence-corrected chi connectivity index (χ1v) is 13.0. The van der Waals surface area contributed by atoms with Crippen molar-refractivity contribution in [3.8, 4) is 0 Å². The largest absolute Gasteiger partial charge is 0.477 e. The Morgan fingerprint density at radius 1 is 1.34 bits per heavy atom. The van der Waals surface area contributed by atoms with E-state index in [1.807, 2.05) is 0 Å². The zero-order valence-corrected chi connectivity index (χ0v) is 20.4. The molecule has 0 bridgehead atoms. The van der Waals surface area contributed by atoms with Crippen molar-refractivity contribution in [3.63, 3.8) is 0 Å². The quantitative estimate of drug-likeness (QED) is 0.222. The van der Waals surface area contributed by atoms with Gasteiger partial charge in [0.05, 0.1) is 5.75 Å². The molecular weight excluding hydrogens is 535 g/mol. The van der Waals surface area contributed by atoms with Crippen molar-refractivity contribution in [2.75, 3.05) is 18.1 Å². The maximum Gasteiger partial charge on any atom is 0.442 e. The van der Waals surface area contributed by atoms with E-state index in [1.165, 1.54) is 11.8 Å². The van der Waals surface area contributed by atoms with E-state index >= 15 is 0 Å². The molecule has 3 rings (SSSR count). The van der Waals surface area contributed by atoms with Gasteiger partial charge in [-0.2, -0.15) is 18.4 Å². The topological polar surface area (TPSA) is 170 Å². The van der Waals surface area contributed by atoms with Crippen LogP contribution in [0.25, 0.3) is 0 Å². The van der Waals surface area contributed by atoms with E-state index in [9.17, 15) is 37.5 Å². The molecule has 3 amide bonds. The summed E-state index contributed by atoms with van der Waals surface area (Å²) < 4.78 is 37.0. The van der Waals surface area contributed by atoms with Crippen LogP contribution >= 0.6 is 35.3 Å². The lowest BCUT2D eigenvalue weighted by Gasteiger charge is -2.50. The molecule has 4 N–H and O–H groups in total. The highest BCUT2D eigenvalue weighted by Gasteiger charge is 2.55. The molecule has 0 aliphatic carbocycles. The van der Waals surface area contributed by atoms with Crippen molar-refractivity contribution in [1.82, 2.24) is 36.2 Å². The number of amides is 3. The maximum absolute atomic E-state index is 12.7. The Bertz CT molecular complexity index is 1010. The fourth-order valence-corrected chi connectivity index (χ4v) is 6.35. The number of hydrogen-bond donors (Lipinski definition) is 4. The fourth-order valence-electron chi connectivity index (χ4n) is 3.43. The molecule has 2 aliphatic heterocycles. The van der Waals surface area contributed by atoms with E-state index in [4.69, 9.17) is 0 Å². The number of carboxylic acid groups (broad SMARTS) is 1. The smallest absolute Gasteiger partial charge is 0.442 e. The molecule has 2 aliphatic rings. The van der Waals surface area contributed by atoms with Crippen LogP contribution < -0.4 is 10.6 Å². The number of aliphatic carboxylic acids is 1. The third kappa shape index (κ3) is 6.81. The van der Waals surface area contributed by atoms with Crippen LogP contribution in [-0.2, 0) is 19.2 Å².